The summed E-state index contributed by atoms with van der Waals surface area (Å²) >= 11 is 3.47. The third-order valence-corrected chi connectivity index (χ3v) is 3.96. The van der Waals surface area contributed by atoms with E-state index in [2.05, 4.69) is 45.0 Å². The van der Waals surface area contributed by atoms with Gasteiger partial charge in [0.1, 0.15) is 0 Å². The van der Waals surface area contributed by atoms with Gasteiger partial charge in [-0.2, -0.15) is 0 Å². The van der Waals surface area contributed by atoms with Gasteiger partial charge in [-0.25, -0.2) is 0 Å². The van der Waals surface area contributed by atoms with E-state index in [-0.39, 0.29) is 5.84 Å². The Balaban J connectivity index is 2.25. The molecule has 0 radical (unpaired) electrons. The van der Waals surface area contributed by atoms with Crippen molar-refractivity contribution in [1.29, 1.82) is 0 Å². The molecule has 0 aliphatic carbocycles. The van der Waals surface area contributed by atoms with Gasteiger partial charge >= 0.3 is 0 Å². The van der Waals surface area contributed by atoms with Crippen LogP contribution >= 0.6 is 15.9 Å². The highest BCUT2D eigenvalue weighted by atomic mass is 79.9. The number of amidine groups is 1. The van der Waals surface area contributed by atoms with Crippen LogP contribution in [0.1, 0.15) is 18.1 Å². The summed E-state index contributed by atoms with van der Waals surface area (Å²) in [4.78, 5) is 2.26. The zero-order valence-corrected chi connectivity index (χ0v) is 13.4. The van der Waals surface area contributed by atoms with Crippen molar-refractivity contribution in [2.24, 2.45) is 10.9 Å². The molecule has 2 rings (SSSR count). The summed E-state index contributed by atoms with van der Waals surface area (Å²) in [7, 11) is 0. The highest BCUT2D eigenvalue weighted by Gasteiger charge is 2.10. The molecule has 0 aromatic heterocycles. The molecule has 2 aromatic rings. The van der Waals surface area contributed by atoms with Crippen molar-refractivity contribution < 1.29 is 5.21 Å². The van der Waals surface area contributed by atoms with Gasteiger partial charge in [-0.15, -0.1) is 0 Å². The van der Waals surface area contributed by atoms with Crippen LogP contribution in [-0.4, -0.2) is 17.6 Å². The van der Waals surface area contributed by atoms with Crippen molar-refractivity contribution in [3.63, 3.8) is 0 Å². The molecule has 4 nitrogen and oxygen atoms in total. The molecular weight excluding hydrogens is 330 g/mol. The molecule has 0 spiro atoms. The second kappa shape index (κ2) is 7.13. The average molecular weight is 348 g/mol. The molecule has 0 heterocycles. The van der Waals surface area contributed by atoms with E-state index in [4.69, 9.17) is 10.9 Å². The van der Waals surface area contributed by atoms with Crippen molar-refractivity contribution in [1.82, 2.24) is 0 Å². The third-order valence-electron chi connectivity index (χ3n) is 3.30. The quantitative estimate of drug-likeness (QED) is 0.376. The summed E-state index contributed by atoms with van der Waals surface area (Å²) in [5, 5.41) is 11.8. The van der Waals surface area contributed by atoms with Crippen LogP contribution < -0.4 is 10.6 Å². The molecule has 21 heavy (non-hydrogen) atoms. The molecule has 0 bridgehead atoms. The number of hydrogen-bond acceptors (Lipinski definition) is 3. The molecular formula is C16H18BrN3O. The Kier molecular flexibility index (Phi) is 5.22. The summed E-state index contributed by atoms with van der Waals surface area (Å²) in [5.41, 5.74) is 8.66. The molecule has 0 aliphatic heterocycles. The first kappa shape index (κ1) is 15.4. The van der Waals surface area contributed by atoms with E-state index in [1.807, 2.05) is 36.4 Å². The molecule has 0 amide bonds. The molecule has 0 aliphatic rings. The van der Waals surface area contributed by atoms with E-state index >= 15 is 0 Å². The number of nitrogens with two attached hydrogens (primary N) is 1. The maximum absolute atomic E-state index is 8.76. The lowest BCUT2D eigenvalue weighted by atomic mass is 10.1. The maximum Gasteiger partial charge on any atom is 0.171 e. The predicted molar refractivity (Wildman–Crippen MR) is 89.8 cm³/mol. The lowest BCUT2D eigenvalue weighted by Gasteiger charge is -2.24. The maximum atomic E-state index is 8.76. The molecule has 5 heteroatoms. The number of anilines is 1. The van der Waals surface area contributed by atoms with Gasteiger partial charge < -0.3 is 15.8 Å². The Bertz CT molecular complexity index is 629. The highest BCUT2D eigenvalue weighted by molar-refractivity contribution is 9.10. The fourth-order valence-corrected chi connectivity index (χ4v) is 2.72. The van der Waals surface area contributed by atoms with Gasteiger partial charge in [0.15, 0.2) is 5.84 Å². The molecule has 0 atom stereocenters. The summed E-state index contributed by atoms with van der Waals surface area (Å²) < 4.78 is 0.807. The first-order valence-electron chi connectivity index (χ1n) is 6.72. The van der Waals surface area contributed by atoms with E-state index in [0.29, 0.717) is 5.56 Å². The Morgan fingerprint density at radius 1 is 1.24 bits per heavy atom. The lowest BCUT2D eigenvalue weighted by Crippen LogP contribution is -2.22. The van der Waals surface area contributed by atoms with Crippen LogP contribution in [0.4, 0.5) is 5.69 Å². The van der Waals surface area contributed by atoms with E-state index in [1.54, 1.807) is 0 Å². The van der Waals surface area contributed by atoms with Crippen molar-refractivity contribution >= 4 is 27.5 Å². The summed E-state index contributed by atoms with van der Waals surface area (Å²) in [6.45, 7) is 3.85. The van der Waals surface area contributed by atoms with Crippen molar-refractivity contribution in [3.05, 3.63) is 64.1 Å². The molecule has 0 saturated heterocycles. The topological polar surface area (TPSA) is 61.8 Å². The standard InChI is InChI=1S/C16H18BrN3O/c1-2-20(11-12-6-4-3-5-7-12)13-8-9-14(15(17)10-13)16(18)19-21/h3-10,21H,2,11H2,1H3,(H2,18,19). The molecule has 110 valence electrons. The Labute approximate surface area is 133 Å². The molecule has 0 saturated carbocycles. The first-order chi connectivity index (χ1) is 10.2. The van der Waals surface area contributed by atoms with Crippen molar-refractivity contribution in [3.8, 4) is 0 Å². The van der Waals surface area contributed by atoms with Gasteiger partial charge in [-0.05, 0) is 46.6 Å². The number of benzene rings is 2. The van der Waals surface area contributed by atoms with Crippen molar-refractivity contribution in [2.75, 3.05) is 11.4 Å². The minimum absolute atomic E-state index is 0.0968. The van der Waals surface area contributed by atoms with E-state index in [9.17, 15) is 0 Å². The minimum Gasteiger partial charge on any atom is -0.409 e. The molecule has 3 N–H and O–H groups in total. The van der Waals surface area contributed by atoms with Crippen LogP contribution in [0.5, 0.6) is 0 Å². The van der Waals surface area contributed by atoms with E-state index in [1.165, 1.54) is 5.56 Å². The second-order valence-corrected chi connectivity index (χ2v) is 5.50. The predicted octanol–water partition coefficient (Wildman–Crippen LogP) is 3.57. The Morgan fingerprint density at radius 2 is 1.95 bits per heavy atom. The van der Waals surface area contributed by atoms with Gasteiger partial charge in [0.2, 0.25) is 0 Å². The zero-order valence-electron chi connectivity index (χ0n) is 11.8. The summed E-state index contributed by atoms with van der Waals surface area (Å²) in [6, 6.07) is 16.1. The van der Waals surface area contributed by atoms with Crippen LogP contribution in [0, 0.1) is 0 Å². The average Bonchev–Trinajstić information content (AvgIpc) is 2.52. The smallest absolute Gasteiger partial charge is 0.171 e. The van der Waals surface area contributed by atoms with Crippen LogP contribution in [0.2, 0.25) is 0 Å². The second-order valence-electron chi connectivity index (χ2n) is 4.65. The largest absolute Gasteiger partial charge is 0.409 e. The highest BCUT2D eigenvalue weighted by Crippen LogP contribution is 2.25. The van der Waals surface area contributed by atoms with Gasteiger partial charge in [-0.3, -0.25) is 0 Å². The molecule has 2 aromatic carbocycles. The van der Waals surface area contributed by atoms with Crippen LogP contribution in [0.25, 0.3) is 0 Å². The normalized spacial score (nSPS) is 11.4. The van der Waals surface area contributed by atoms with E-state index in [0.717, 1.165) is 23.2 Å². The van der Waals surface area contributed by atoms with Gasteiger partial charge in [0, 0.05) is 28.8 Å². The third kappa shape index (κ3) is 3.76. The molecule has 0 unspecified atom stereocenters. The van der Waals surface area contributed by atoms with Gasteiger partial charge in [0.05, 0.1) is 0 Å². The fraction of sp³-hybridized carbons (Fsp3) is 0.188. The number of nitrogens with zero attached hydrogens (tertiary/aromatic N) is 2. The SMILES string of the molecule is CCN(Cc1ccccc1)c1ccc(/C(N)=N/O)c(Br)c1. The van der Waals surface area contributed by atoms with Crippen LogP contribution in [0.3, 0.4) is 0 Å². The monoisotopic (exact) mass is 347 g/mol. The fourth-order valence-electron chi connectivity index (χ4n) is 2.15. The van der Waals surface area contributed by atoms with Gasteiger partial charge in [0.25, 0.3) is 0 Å². The lowest BCUT2D eigenvalue weighted by molar-refractivity contribution is 0.318. The van der Waals surface area contributed by atoms with E-state index < -0.39 is 0 Å². The first-order valence-corrected chi connectivity index (χ1v) is 7.51. The Hall–Kier alpha value is -2.01. The Morgan fingerprint density at radius 3 is 2.52 bits per heavy atom. The number of hydrogen-bond donors (Lipinski definition) is 2. The minimum atomic E-state index is 0.0968. The number of rotatable bonds is 5. The van der Waals surface area contributed by atoms with Crippen LogP contribution in [-0.2, 0) is 6.54 Å². The molecule has 0 fully saturated rings. The zero-order chi connectivity index (χ0) is 15.2. The van der Waals surface area contributed by atoms with Crippen molar-refractivity contribution in [2.45, 2.75) is 13.5 Å². The van der Waals surface area contributed by atoms with Crippen LogP contribution in [0.15, 0.2) is 58.2 Å². The summed E-state index contributed by atoms with van der Waals surface area (Å²) in [5.74, 6) is 0.0968. The number of halogens is 1. The number of oxime groups is 1. The summed E-state index contributed by atoms with van der Waals surface area (Å²) in [6.07, 6.45) is 0. The van der Waals surface area contributed by atoms with Gasteiger partial charge in [-0.1, -0.05) is 35.5 Å².